The van der Waals surface area contributed by atoms with Crippen molar-refractivity contribution in [1.82, 2.24) is 9.97 Å². The molecule has 0 atom stereocenters. The van der Waals surface area contributed by atoms with Gasteiger partial charge in [0.05, 0.1) is 6.07 Å². The number of nitrogens with zero attached hydrogens (tertiary/aromatic N) is 2. The van der Waals surface area contributed by atoms with Gasteiger partial charge in [-0.05, 0) is 48.4 Å². The Morgan fingerprint density at radius 1 is 1.00 bits per heavy atom. The van der Waals surface area contributed by atoms with E-state index in [-0.39, 0.29) is 11.9 Å². The normalized spacial score (nSPS) is 10.2. The van der Waals surface area contributed by atoms with Crippen LogP contribution in [0, 0.1) is 5.95 Å². The van der Waals surface area contributed by atoms with Gasteiger partial charge in [-0.25, -0.2) is 14.8 Å². The highest BCUT2D eigenvalue weighted by atomic mass is 19.1. The van der Waals surface area contributed by atoms with E-state index in [1.807, 2.05) is 24.3 Å². The summed E-state index contributed by atoms with van der Waals surface area (Å²) in [6, 6.07) is 15.0. The van der Waals surface area contributed by atoms with Crippen LogP contribution in [0.25, 0.3) is 0 Å². The van der Waals surface area contributed by atoms with E-state index < -0.39 is 5.95 Å². The van der Waals surface area contributed by atoms with Crippen molar-refractivity contribution < 1.29 is 13.9 Å². The molecule has 1 heterocycles. The lowest BCUT2D eigenvalue weighted by molar-refractivity contribution is 0.262. The summed E-state index contributed by atoms with van der Waals surface area (Å²) in [6.07, 6.45) is 2.03. The van der Waals surface area contributed by atoms with Crippen LogP contribution in [0.5, 0.6) is 11.6 Å². The van der Waals surface area contributed by atoms with Crippen molar-refractivity contribution in [3.8, 4) is 11.6 Å². The molecule has 0 saturated heterocycles. The van der Waals surface area contributed by atoms with Crippen molar-refractivity contribution in [2.45, 2.75) is 13.3 Å². The largest absolute Gasteiger partial charge is 0.439 e. The molecule has 2 N–H and O–H groups in total. The average Bonchev–Trinajstić information content (AvgIpc) is 2.64. The molecule has 2 amide bonds. The third-order valence-corrected chi connectivity index (χ3v) is 3.56. The van der Waals surface area contributed by atoms with Gasteiger partial charge in [0.1, 0.15) is 12.1 Å². The number of amides is 2. The van der Waals surface area contributed by atoms with E-state index in [9.17, 15) is 9.18 Å². The number of nitrogens with one attached hydrogen (secondary N) is 2. The number of ether oxygens (including phenoxy) is 1. The minimum Gasteiger partial charge on any atom is -0.439 e. The molecule has 0 aliphatic rings. The number of aromatic nitrogens is 2. The highest BCUT2D eigenvalue weighted by Crippen LogP contribution is 2.21. The lowest BCUT2D eigenvalue weighted by Crippen LogP contribution is -2.19. The van der Waals surface area contributed by atoms with Crippen molar-refractivity contribution in [2.75, 3.05) is 10.6 Å². The van der Waals surface area contributed by atoms with Crippen molar-refractivity contribution in [3.63, 3.8) is 0 Å². The van der Waals surface area contributed by atoms with Crippen LogP contribution in [-0.4, -0.2) is 16.0 Å². The molecule has 26 heavy (non-hydrogen) atoms. The number of hydrogen-bond donors (Lipinski definition) is 2. The van der Waals surface area contributed by atoms with E-state index >= 15 is 0 Å². The van der Waals surface area contributed by atoms with Gasteiger partial charge in [0.15, 0.2) is 0 Å². The molecule has 2 aromatic carbocycles. The zero-order valence-corrected chi connectivity index (χ0v) is 14.1. The quantitative estimate of drug-likeness (QED) is 0.657. The van der Waals surface area contributed by atoms with Crippen molar-refractivity contribution >= 4 is 17.4 Å². The monoisotopic (exact) mass is 352 g/mol. The molecule has 0 aliphatic carbocycles. The smallest absolute Gasteiger partial charge is 0.323 e. The van der Waals surface area contributed by atoms with E-state index in [0.717, 1.165) is 18.8 Å². The summed E-state index contributed by atoms with van der Waals surface area (Å²) < 4.78 is 18.4. The number of halogens is 1. The summed E-state index contributed by atoms with van der Waals surface area (Å²) >= 11 is 0. The molecule has 0 aliphatic heterocycles. The van der Waals surface area contributed by atoms with Crippen LogP contribution in [0.1, 0.15) is 12.5 Å². The first-order valence-corrected chi connectivity index (χ1v) is 8.05. The number of rotatable bonds is 5. The third-order valence-electron chi connectivity index (χ3n) is 3.56. The molecule has 7 heteroatoms. The molecule has 0 radical (unpaired) electrons. The van der Waals surface area contributed by atoms with Gasteiger partial charge in [-0.15, -0.1) is 0 Å². The molecule has 0 bridgehead atoms. The van der Waals surface area contributed by atoms with Crippen LogP contribution < -0.4 is 15.4 Å². The van der Waals surface area contributed by atoms with Gasteiger partial charge >= 0.3 is 6.03 Å². The van der Waals surface area contributed by atoms with E-state index in [1.54, 1.807) is 24.3 Å². The zero-order chi connectivity index (χ0) is 18.4. The topological polar surface area (TPSA) is 76.1 Å². The molecule has 0 fully saturated rings. The number of carbonyl (C=O) groups excluding carboxylic acids is 1. The fourth-order valence-electron chi connectivity index (χ4n) is 2.22. The number of anilines is 2. The number of carbonyl (C=O) groups is 1. The Labute approximate surface area is 150 Å². The van der Waals surface area contributed by atoms with E-state index in [2.05, 4.69) is 27.5 Å². The number of aryl methyl sites for hydroxylation is 1. The van der Waals surface area contributed by atoms with Crippen LogP contribution in [0.4, 0.5) is 20.6 Å². The molecule has 0 saturated carbocycles. The van der Waals surface area contributed by atoms with Crippen LogP contribution in [0.3, 0.4) is 0 Å². The number of benzene rings is 2. The zero-order valence-electron chi connectivity index (χ0n) is 14.1. The predicted molar refractivity (Wildman–Crippen MR) is 97.0 cm³/mol. The number of urea groups is 1. The molecule has 3 aromatic rings. The first-order chi connectivity index (χ1) is 12.6. The average molecular weight is 352 g/mol. The highest BCUT2D eigenvalue weighted by Gasteiger charge is 2.05. The second-order valence-corrected chi connectivity index (χ2v) is 5.44. The summed E-state index contributed by atoms with van der Waals surface area (Å²) in [6.45, 7) is 2.07. The Balaban J connectivity index is 1.57. The van der Waals surface area contributed by atoms with E-state index in [4.69, 9.17) is 4.74 Å². The third kappa shape index (κ3) is 4.76. The molecule has 1 aromatic heterocycles. The van der Waals surface area contributed by atoms with Crippen molar-refractivity contribution in [3.05, 3.63) is 72.4 Å². The second kappa shape index (κ2) is 8.06. The van der Waals surface area contributed by atoms with Crippen molar-refractivity contribution in [2.24, 2.45) is 0 Å². The summed E-state index contributed by atoms with van der Waals surface area (Å²) in [5, 5.41) is 5.49. The SMILES string of the molecule is CCc1ccc(NC(=O)Nc2ccc(Oc3cc(F)ncn3)cc2)cc1. The number of hydrogen-bond acceptors (Lipinski definition) is 4. The molecular weight excluding hydrogens is 335 g/mol. The van der Waals surface area contributed by atoms with Gasteiger partial charge < -0.3 is 15.4 Å². The van der Waals surface area contributed by atoms with Gasteiger partial charge in [0, 0.05) is 11.4 Å². The van der Waals surface area contributed by atoms with Crippen LogP contribution in [-0.2, 0) is 6.42 Å². The minimum atomic E-state index is -0.670. The highest BCUT2D eigenvalue weighted by molar-refractivity contribution is 5.99. The first kappa shape index (κ1) is 17.3. The Morgan fingerprint density at radius 3 is 2.19 bits per heavy atom. The fourth-order valence-corrected chi connectivity index (χ4v) is 2.22. The Bertz CT molecular complexity index is 883. The second-order valence-electron chi connectivity index (χ2n) is 5.44. The fraction of sp³-hybridized carbons (Fsp3) is 0.105. The maximum Gasteiger partial charge on any atom is 0.323 e. The van der Waals surface area contributed by atoms with Gasteiger partial charge in [-0.3, -0.25) is 0 Å². The summed E-state index contributed by atoms with van der Waals surface area (Å²) in [7, 11) is 0. The Kier molecular flexibility index (Phi) is 5.38. The van der Waals surface area contributed by atoms with Gasteiger partial charge in [-0.2, -0.15) is 4.39 Å². The van der Waals surface area contributed by atoms with Crippen LogP contribution in [0.15, 0.2) is 60.9 Å². The molecule has 0 unspecified atom stereocenters. The van der Waals surface area contributed by atoms with Crippen LogP contribution in [0.2, 0.25) is 0 Å². The molecule has 3 rings (SSSR count). The van der Waals surface area contributed by atoms with Gasteiger partial charge in [0.2, 0.25) is 11.8 Å². The Morgan fingerprint density at radius 2 is 1.62 bits per heavy atom. The molecule has 6 nitrogen and oxygen atoms in total. The van der Waals surface area contributed by atoms with E-state index in [1.165, 1.54) is 5.56 Å². The molecule has 0 spiro atoms. The lowest BCUT2D eigenvalue weighted by atomic mass is 10.1. The minimum absolute atomic E-state index is 0.103. The van der Waals surface area contributed by atoms with Gasteiger partial charge in [-0.1, -0.05) is 19.1 Å². The van der Waals surface area contributed by atoms with E-state index in [0.29, 0.717) is 17.1 Å². The molecular formula is C19H17FN4O2. The summed E-state index contributed by atoms with van der Waals surface area (Å²) in [5.74, 6) is -0.104. The van der Waals surface area contributed by atoms with Crippen LogP contribution >= 0.6 is 0 Å². The summed E-state index contributed by atoms with van der Waals surface area (Å²) in [4.78, 5) is 19.2. The lowest BCUT2D eigenvalue weighted by Gasteiger charge is -2.09. The maximum atomic E-state index is 13.0. The first-order valence-electron chi connectivity index (χ1n) is 8.05. The maximum absolute atomic E-state index is 13.0. The van der Waals surface area contributed by atoms with Crippen molar-refractivity contribution in [1.29, 1.82) is 0 Å². The van der Waals surface area contributed by atoms with Gasteiger partial charge in [0.25, 0.3) is 0 Å². The molecule has 132 valence electrons. The predicted octanol–water partition coefficient (Wildman–Crippen LogP) is 4.61. The Hall–Kier alpha value is -3.48. The standard InChI is InChI=1S/C19H17FN4O2/c1-2-13-3-5-14(6-4-13)23-19(25)24-15-7-9-16(10-8-15)26-18-11-17(20)21-12-22-18/h3-12H,2H2,1H3,(H2,23,24,25). The summed E-state index contributed by atoms with van der Waals surface area (Å²) in [5.41, 5.74) is 2.51.